The van der Waals surface area contributed by atoms with Gasteiger partial charge in [0.25, 0.3) is 5.91 Å². The summed E-state index contributed by atoms with van der Waals surface area (Å²) >= 11 is 13.0. The second-order valence-electron chi connectivity index (χ2n) is 8.93. The van der Waals surface area contributed by atoms with Gasteiger partial charge in [-0.25, -0.2) is 0 Å². The Morgan fingerprint density at radius 2 is 1.44 bits per heavy atom. The molecular formula is C33H28Cl2N2O4. The Morgan fingerprint density at radius 1 is 0.805 bits per heavy atom. The lowest BCUT2D eigenvalue weighted by molar-refractivity contribution is -0.117. The van der Waals surface area contributed by atoms with Crippen LogP contribution in [-0.4, -0.2) is 12.5 Å². The second-order valence-corrected chi connectivity index (χ2v) is 9.74. The fraction of sp³-hybridized carbons (Fsp3) is 0.152. The number of nitriles is 1. The maximum absolute atomic E-state index is 12.5. The molecule has 4 aromatic carbocycles. The minimum Gasteiger partial charge on any atom is -0.490 e. The van der Waals surface area contributed by atoms with Crippen LogP contribution in [0.2, 0.25) is 10.0 Å². The highest BCUT2D eigenvalue weighted by molar-refractivity contribution is 6.37. The van der Waals surface area contributed by atoms with Gasteiger partial charge in [-0.15, -0.1) is 0 Å². The number of hydrogen-bond donors (Lipinski definition) is 1. The van der Waals surface area contributed by atoms with E-state index in [2.05, 4.69) is 5.32 Å². The molecule has 1 N–H and O–H groups in total. The molecule has 0 fully saturated rings. The van der Waals surface area contributed by atoms with Crippen molar-refractivity contribution in [2.45, 2.75) is 26.7 Å². The topological polar surface area (TPSA) is 80.6 Å². The van der Waals surface area contributed by atoms with Crippen LogP contribution >= 0.6 is 23.2 Å². The summed E-state index contributed by atoms with van der Waals surface area (Å²) in [4.78, 5) is 12.5. The Hall–Kier alpha value is -4.44. The number of amides is 1. The van der Waals surface area contributed by atoms with E-state index in [0.29, 0.717) is 42.6 Å². The summed E-state index contributed by atoms with van der Waals surface area (Å²) in [5.74, 6) is 1.04. The number of nitrogens with zero attached hydrogens (tertiary/aromatic N) is 1. The van der Waals surface area contributed by atoms with Crippen molar-refractivity contribution in [3.05, 3.63) is 129 Å². The fourth-order valence-corrected chi connectivity index (χ4v) is 4.52. The number of halogens is 2. The highest BCUT2D eigenvalue weighted by Crippen LogP contribution is 2.36. The van der Waals surface area contributed by atoms with Gasteiger partial charge < -0.3 is 19.5 Å². The molecule has 0 aliphatic carbocycles. The number of nitrogens with one attached hydrogen (secondary N) is 1. The lowest BCUT2D eigenvalue weighted by Crippen LogP contribution is -2.23. The Balaban J connectivity index is 1.42. The van der Waals surface area contributed by atoms with Gasteiger partial charge in [0.2, 0.25) is 0 Å². The zero-order valence-corrected chi connectivity index (χ0v) is 23.9. The first-order valence-corrected chi connectivity index (χ1v) is 13.7. The number of benzene rings is 4. The Kier molecular flexibility index (Phi) is 10.7. The molecule has 4 aromatic rings. The van der Waals surface area contributed by atoms with Crippen molar-refractivity contribution in [2.75, 3.05) is 6.61 Å². The summed E-state index contributed by atoms with van der Waals surface area (Å²) in [6.07, 6.45) is 1.43. The Morgan fingerprint density at radius 3 is 2.07 bits per heavy atom. The smallest absolute Gasteiger partial charge is 0.262 e. The highest BCUT2D eigenvalue weighted by Gasteiger charge is 2.14. The Labute approximate surface area is 249 Å². The minimum absolute atomic E-state index is 0.0697. The fourth-order valence-electron chi connectivity index (χ4n) is 3.91. The largest absolute Gasteiger partial charge is 0.490 e. The van der Waals surface area contributed by atoms with E-state index < -0.39 is 5.91 Å². The van der Waals surface area contributed by atoms with Crippen LogP contribution < -0.4 is 19.5 Å². The molecule has 4 rings (SSSR count). The summed E-state index contributed by atoms with van der Waals surface area (Å²) in [5, 5.41) is 12.8. The molecule has 0 heterocycles. The third-order valence-corrected chi connectivity index (χ3v) is 6.48. The van der Waals surface area contributed by atoms with Gasteiger partial charge in [0.05, 0.1) is 16.7 Å². The van der Waals surface area contributed by atoms with Gasteiger partial charge in [-0.3, -0.25) is 4.79 Å². The average Bonchev–Trinajstić information content (AvgIpc) is 2.99. The van der Waals surface area contributed by atoms with Gasteiger partial charge in [0.1, 0.15) is 24.9 Å². The predicted molar refractivity (Wildman–Crippen MR) is 161 cm³/mol. The van der Waals surface area contributed by atoms with Crippen LogP contribution in [0.5, 0.6) is 17.2 Å². The van der Waals surface area contributed by atoms with Crippen molar-refractivity contribution in [3.63, 3.8) is 0 Å². The number of carbonyl (C=O) groups is 1. The van der Waals surface area contributed by atoms with E-state index in [1.54, 1.807) is 12.1 Å². The molecule has 41 heavy (non-hydrogen) atoms. The third-order valence-electron chi connectivity index (χ3n) is 5.92. The van der Waals surface area contributed by atoms with E-state index in [1.165, 1.54) is 6.08 Å². The highest BCUT2D eigenvalue weighted by atomic mass is 35.5. The first-order valence-electron chi connectivity index (χ1n) is 12.9. The zero-order chi connectivity index (χ0) is 29.0. The van der Waals surface area contributed by atoms with Crippen molar-refractivity contribution in [1.82, 2.24) is 5.32 Å². The van der Waals surface area contributed by atoms with Crippen molar-refractivity contribution < 1.29 is 19.0 Å². The second kappa shape index (κ2) is 14.8. The van der Waals surface area contributed by atoms with Crippen molar-refractivity contribution >= 4 is 35.2 Å². The molecule has 0 saturated heterocycles. The van der Waals surface area contributed by atoms with Gasteiger partial charge in [-0.2, -0.15) is 5.26 Å². The van der Waals surface area contributed by atoms with Crippen LogP contribution in [-0.2, 0) is 24.6 Å². The SMILES string of the molecule is CCOc1cc(COc2c(Cl)cc(/C=C(\C#N)C(=O)NCc3ccccc3)cc2Cl)ccc1OCc1ccccc1. The van der Waals surface area contributed by atoms with Gasteiger partial charge >= 0.3 is 0 Å². The molecule has 0 bridgehead atoms. The van der Waals surface area contributed by atoms with Crippen molar-refractivity contribution in [2.24, 2.45) is 0 Å². The molecule has 0 saturated carbocycles. The van der Waals surface area contributed by atoms with Gasteiger partial charge in [0.15, 0.2) is 17.2 Å². The Bertz CT molecular complexity index is 1530. The number of hydrogen-bond acceptors (Lipinski definition) is 5. The van der Waals surface area contributed by atoms with Crippen LogP contribution in [0, 0.1) is 11.3 Å². The molecular weight excluding hydrogens is 559 g/mol. The first-order chi connectivity index (χ1) is 20.0. The minimum atomic E-state index is -0.495. The quantitative estimate of drug-likeness (QED) is 0.135. The third kappa shape index (κ3) is 8.52. The van der Waals surface area contributed by atoms with E-state index in [-0.39, 0.29) is 22.2 Å². The lowest BCUT2D eigenvalue weighted by Gasteiger charge is -2.15. The molecule has 0 aliphatic rings. The van der Waals surface area contributed by atoms with Crippen molar-refractivity contribution in [3.8, 4) is 23.3 Å². The monoisotopic (exact) mass is 586 g/mol. The number of ether oxygens (including phenoxy) is 3. The summed E-state index contributed by atoms with van der Waals surface area (Å²) in [6, 6.07) is 30.0. The molecule has 0 aromatic heterocycles. The molecule has 0 radical (unpaired) electrons. The van der Waals surface area contributed by atoms with E-state index in [1.807, 2.05) is 91.9 Å². The predicted octanol–water partition coefficient (Wildman–Crippen LogP) is 7.77. The van der Waals surface area contributed by atoms with Crippen LogP contribution in [0.1, 0.15) is 29.2 Å². The average molecular weight is 588 g/mol. The first kappa shape index (κ1) is 29.5. The van der Waals surface area contributed by atoms with Crippen LogP contribution in [0.3, 0.4) is 0 Å². The molecule has 1 amide bonds. The van der Waals surface area contributed by atoms with Gasteiger partial charge in [-0.1, -0.05) is 89.9 Å². The normalized spacial score (nSPS) is 10.9. The van der Waals surface area contributed by atoms with Crippen LogP contribution in [0.4, 0.5) is 0 Å². The molecule has 6 nitrogen and oxygen atoms in total. The van der Waals surface area contributed by atoms with E-state index in [0.717, 1.165) is 16.7 Å². The van der Waals surface area contributed by atoms with E-state index in [4.69, 9.17) is 37.4 Å². The van der Waals surface area contributed by atoms with E-state index >= 15 is 0 Å². The summed E-state index contributed by atoms with van der Waals surface area (Å²) in [6.45, 7) is 3.29. The molecule has 0 aliphatic heterocycles. The van der Waals surface area contributed by atoms with Gasteiger partial charge in [-0.05, 0) is 59.5 Å². The lowest BCUT2D eigenvalue weighted by atomic mass is 10.1. The molecule has 208 valence electrons. The summed E-state index contributed by atoms with van der Waals surface area (Å²) < 4.78 is 17.7. The molecule has 8 heteroatoms. The molecule has 0 spiro atoms. The van der Waals surface area contributed by atoms with Crippen LogP contribution in [0.15, 0.2) is 96.6 Å². The zero-order valence-electron chi connectivity index (χ0n) is 22.4. The van der Waals surface area contributed by atoms with Crippen molar-refractivity contribution in [1.29, 1.82) is 5.26 Å². The number of rotatable bonds is 12. The summed E-state index contributed by atoms with van der Waals surface area (Å²) in [5.41, 5.74) is 3.24. The van der Waals surface area contributed by atoms with Gasteiger partial charge in [0, 0.05) is 6.54 Å². The molecule has 0 atom stereocenters. The standard InChI is InChI=1S/C33H28Cl2N2O4/c1-2-39-31-18-25(13-14-30(31)40-21-24-11-7-4-8-12-24)22-41-32-28(34)16-26(17-29(32)35)15-27(19-36)33(38)37-20-23-9-5-3-6-10-23/h3-18H,2,20-22H2,1H3,(H,37,38)/b27-15+. The number of carbonyl (C=O) groups excluding carboxylic acids is 1. The molecule has 0 unspecified atom stereocenters. The maximum atomic E-state index is 12.5. The summed E-state index contributed by atoms with van der Waals surface area (Å²) in [7, 11) is 0. The van der Waals surface area contributed by atoms with Crippen LogP contribution in [0.25, 0.3) is 6.08 Å². The maximum Gasteiger partial charge on any atom is 0.262 e. The van der Waals surface area contributed by atoms with E-state index in [9.17, 15) is 10.1 Å².